The van der Waals surface area contributed by atoms with Crippen LogP contribution in [0.5, 0.6) is 5.75 Å². The molecule has 0 aliphatic heterocycles. The first-order chi connectivity index (χ1) is 16.6. The molecule has 0 fully saturated rings. The molecule has 3 amide bonds. The van der Waals surface area contributed by atoms with Crippen LogP contribution in [0.1, 0.15) is 5.56 Å². The van der Waals surface area contributed by atoms with Crippen molar-refractivity contribution < 1.29 is 22.7 Å². The lowest BCUT2D eigenvalue weighted by Gasteiger charge is -2.19. The Kier molecular flexibility index (Phi) is 8.44. The van der Waals surface area contributed by atoms with Gasteiger partial charge in [-0.1, -0.05) is 53.5 Å². The summed E-state index contributed by atoms with van der Waals surface area (Å²) < 4.78 is 33.4. The third-order valence-corrected chi connectivity index (χ3v) is 6.93. The summed E-state index contributed by atoms with van der Waals surface area (Å²) in [6, 6.07) is 15.5. The summed E-state index contributed by atoms with van der Waals surface area (Å²) in [5.41, 5.74) is 6.38. The molecule has 0 heterocycles. The van der Waals surface area contributed by atoms with Crippen molar-refractivity contribution in [3.63, 3.8) is 0 Å². The number of urea groups is 1. The summed E-state index contributed by atoms with van der Waals surface area (Å²) in [6.45, 7) is 0. The maximum atomic E-state index is 12.9. The van der Waals surface area contributed by atoms with E-state index < -0.39 is 28.0 Å². The Balaban J connectivity index is 1.84. The number of methoxy groups -OCH3 is 1. The lowest BCUT2D eigenvalue weighted by molar-refractivity contribution is -0.117. The summed E-state index contributed by atoms with van der Waals surface area (Å²) >= 11 is 11.8. The predicted octanol–water partition coefficient (Wildman–Crippen LogP) is 4.02. The number of amides is 3. The van der Waals surface area contributed by atoms with E-state index in [9.17, 15) is 18.0 Å². The molecule has 0 spiro atoms. The van der Waals surface area contributed by atoms with Crippen LogP contribution in [-0.4, -0.2) is 33.5 Å². The van der Waals surface area contributed by atoms with Crippen LogP contribution in [0.4, 0.5) is 16.2 Å². The monoisotopic (exact) mass is 536 g/mol. The summed E-state index contributed by atoms with van der Waals surface area (Å²) in [6.07, 6.45) is 0.197. The molecule has 0 aromatic heterocycles. The number of hydrogen-bond donors (Lipinski definition) is 4. The first-order valence-electron chi connectivity index (χ1n) is 10.2. The zero-order valence-electron chi connectivity index (χ0n) is 18.4. The highest BCUT2D eigenvalue weighted by Gasteiger charge is 2.22. The third-order valence-electron chi connectivity index (χ3n) is 4.83. The number of nitrogens with one attached hydrogen (secondary N) is 3. The van der Waals surface area contributed by atoms with Gasteiger partial charge in [0.05, 0.1) is 27.7 Å². The van der Waals surface area contributed by atoms with Crippen molar-refractivity contribution in [1.82, 2.24) is 5.32 Å². The molecule has 5 N–H and O–H groups in total. The molecule has 9 nitrogen and oxygen atoms in total. The number of carbonyl (C=O) groups is 2. The number of benzene rings is 3. The Labute approximate surface area is 212 Å². The second-order valence-electron chi connectivity index (χ2n) is 7.34. The van der Waals surface area contributed by atoms with Crippen LogP contribution in [0, 0.1) is 0 Å². The molecule has 12 heteroatoms. The largest absolute Gasteiger partial charge is 0.495 e. The fourth-order valence-electron chi connectivity index (χ4n) is 3.17. The second kappa shape index (κ2) is 11.3. The molecule has 184 valence electrons. The van der Waals surface area contributed by atoms with Gasteiger partial charge in [-0.3, -0.25) is 9.52 Å². The van der Waals surface area contributed by atoms with E-state index >= 15 is 0 Å². The van der Waals surface area contributed by atoms with Crippen molar-refractivity contribution in [1.29, 1.82) is 0 Å². The van der Waals surface area contributed by atoms with Crippen LogP contribution < -0.4 is 25.8 Å². The highest BCUT2D eigenvalue weighted by atomic mass is 35.5. The maximum Gasteiger partial charge on any atom is 0.312 e. The standard InChI is InChI=1S/C23H22Cl2N4O5S/c1-34-21-10-7-15(12-19(21)29-35(32,33)16-8-9-17(24)18(25)13-16)27-22(30)20(28-23(26)31)11-14-5-3-2-4-6-14/h2-10,12-13,20,29H,11H2,1H3,(H,27,30)(H3,26,28,31). The molecule has 1 unspecified atom stereocenters. The lowest BCUT2D eigenvalue weighted by Crippen LogP contribution is -2.47. The fourth-order valence-corrected chi connectivity index (χ4v) is 4.62. The van der Waals surface area contributed by atoms with Crippen molar-refractivity contribution in [3.8, 4) is 5.75 Å². The van der Waals surface area contributed by atoms with E-state index in [1.54, 1.807) is 0 Å². The van der Waals surface area contributed by atoms with E-state index in [2.05, 4.69) is 15.4 Å². The molecule has 0 aliphatic rings. The van der Waals surface area contributed by atoms with E-state index in [0.717, 1.165) is 5.56 Å². The van der Waals surface area contributed by atoms with Crippen molar-refractivity contribution in [2.75, 3.05) is 17.1 Å². The zero-order chi connectivity index (χ0) is 25.6. The molecule has 0 saturated heterocycles. The molecule has 0 radical (unpaired) electrons. The molecule has 1 atom stereocenters. The molecule has 35 heavy (non-hydrogen) atoms. The number of nitrogens with two attached hydrogens (primary N) is 1. The highest BCUT2D eigenvalue weighted by Crippen LogP contribution is 2.31. The number of hydrogen-bond acceptors (Lipinski definition) is 5. The van der Waals surface area contributed by atoms with Crippen LogP contribution in [0.2, 0.25) is 10.0 Å². The lowest BCUT2D eigenvalue weighted by atomic mass is 10.1. The molecule has 0 bridgehead atoms. The SMILES string of the molecule is COc1ccc(NC(=O)C(Cc2ccccc2)NC(N)=O)cc1NS(=O)(=O)c1ccc(Cl)c(Cl)c1. The quantitative estimate of drug-likeness (QED) is 0.327. The maximum absolute atomic E-state index is 12.9. The summed E-state index contributed by atoms with van der Waals surface area (Å²) in [5, 5.41) is 5.37. The van der Waals surface area contributed by atoms with Gasteiger partial charge in [0.2, 0.25) is 5.91 Å². The number of anilines is 2. The molecule has 0 aliphatic carbocycles. The molecule has 3 rings (SSSR count). The molecule has 3 aromatic rings. The minimum Gasteiger partial charge on any atom is -0.495 e. The van der Waals surface area contributed by atoms with E-state index in [1.165, 1.54) is 43.5 Å². The minimum absolute atomic E-state index is 0.0684. The normalized spacial score (nSPS) is 11.9. The van der Waals surface area contributed by atoms with Gasteiger partial charge in [0.15, 0.2) is 0 Å². The topological polar surface area (TPSA) is 140 Å². The van der Waals surface area contributed by atoms with Gasteiger partial charge in [0.1, 0.15) is 11.8 Å². The van der Waals surface area contributed by atoms with Crippen molar-refractivity contribution in [3.05, 3.63) is 82.3 Å². The predicted molar refractivity (Wildman–Crippen MR) is 136 cm³/mol. The average molecular weight is 537 g/mol. The number of carbonyl (C=O) groups excluding carboxylic acids is 2. The minimum atomic E-state index is -4.06. The smallest absolute Gasteiger partial charge is 0.312 e. The van der Waals surface area contributed by atoms with Gasteiger partial charge in [0, 0.05) is 12.1 Å². The Morgan fingerprint density at radius 3 is 2.34 bits per heavy atom. The first-order valence-corrected chi connectivity index (χ1v) is 12.4. The Bertz CT molecular complexity index is 1340. The van der Waals surface area contributed by atoms with E-state index in [-0.39, 0.29) is 38.5 Å². The van der Waals surface area contributed by atoms with Gasteiger partial charge in [-0.15, -0.1) is 0 Å². The van der Waals surface area contributed by atoms with Gasteiger partial charge in [-0.25, -0.2) is 13.2 Å². The van der Waals surface area contributed by atoms with E-state index in [0.29, 0.717) is 0 Å². The molecule has 0 saturated carbocycles. The summed E-state index contributed by atoms with van der Waals surface area (Å²) in [4.78, 5) is 24.3. The third kappa shape index (κ3) is 7.01. The zero-order valence-corrected chi connectivity index (χ0v) is 20.7. The van der Waals surface area contributed by atoms with Crippen LogP contribution in [0.25, 0.3) is 0 Å². The fraction of sp³-hybridized carbons (Fsp3) is 0.130. The number of sulfonamides is 1. The second-order valence-corrected chi connectivity index (χ2v) is 9.83. The van der Waals surface area contributed by atoms with Crippen molar-refractivity contribution >= 4 is 56.5 Å². The summed E-state index contributed by atoms with van der Waals surface area (Å²) in [5.74, 6) is -0.334. The van der Waals surface area contributed by atoms with Crippen molar-refractivity contribution in [2.24, 2.45) is 5.73 Å². The molecule has 3 aromatic carbocycles. The summed E-state index contributed by atoms with van der Waals surface area (Å²) in [7, 11) is -2.69. The number of rotatable bonds is 9. The van der Waals surface area contributed by atoms with Gasteiger partial charge in [-0.2, -0.15) is 0 Å². The van der Waals surface area contributed by atoms with Crippen LogP contribution in [0.15, 0.2) is 71.6 Å². The number of ether oxygens (including phenoxy) is 1. The average Bonchev–Trinajstić information content (AvgIpc) is 2.80. The number of halogens is 2. The van der Waals surface area contributed by atoms with Gasteiger partial charge < -0.3 is 21.1 Å². The van der Waals surface area contributed by atoms with E-state index in [4.69, 9.17) is 33.7 Å². The van der Waals surface area contributed by atoms with Gasteiger partial charge in [0.25, 0.3) is 10.0 Å². The van der Waals surface area contributed by atoms with Crippen LogP contribution in [-0.2, 0) is 21.2 Å². The van der Waals surface area contributed by atoms with Gasteiger partial charge >= 0.3 is 6.03 Å². The van der Waals surface area contributed by atoms with Crippen molar-refractivity contribution in [2.45, 2.75) is 17.4 Å². The molecular weight excluding hydrogens is 515 g/mol. The van der Waals surface area contributed by atoms with Crippen LogP contribution >= 0.6 is 23.2 Å². The first kappa shape index (κ1) is 26.1. The Morgan fingerprint density at radius 2 is 1.71 bits per heavy atom. The number of primary amides is 1. The Hall–Kier alpha value is -3.47. The van der Waals surface area contributed by atoms with Crippen LogP contribution in [0.3, 0.4) is 0 Å². The van der Waals surface area contributed by atoms with Gasteiger partial charge in [-0.05, 0) is 42.0 Å². The highest BCUT2D eigenvalue weighted by molar-refractivity contribution is 7.92. The Morgan fingerprint density at radius 1 is 1.00 bits per heavy atom. The van der Waals surface area contributed by atoms with E-state index in [1.807, 2.05) is 30.3 Å². The molecular formula is C23H22Cl2N4O5S.